The van der Waals surface area contributed by atoms with E-state index in [1.807, 2.05) is 6.20 Å². The molecule has 0 radical (unpaired) electrons. The molecule has 0 unspecified atom stereocenters. The first kappa shape index (κ1) is 43.2. The number of para-hydroxylation sites is 2. The van der Waals surface area contributed by atoms with Gasteiger partial charge in [-0.2, -0.15) is 17.2 Å². The Morgan fingerprint density at radius 2 is 1.06 bits per heavy atom. The summed E-state index contributed by atoms with van der Waals surface area (Å²) in [7, 11) is 0. The van der Waals surface area contributed by atoms with Crippen molar-refractivity contribution in [2.75, 3.05) is 0 Å². The Bertz CT molecular complexity index is 3340. The fraction of sp³-hybridized carbons (Fsp3) is 0.241. The number of fused-ring (bicyclic) bond motifs is 6. The van der Waals surface area contributed by atoms with Gasteiger partial charge in [-0.3, -0.25) is 4.68 Å². The minimum Gasteiger partial charge on any atom is -0.358 e. The maximum absolute atomic E-state index is 5.66. The fourth-order valence-electron chi connectivity index (χ4n) is 9.57. The number of benzene rings is 6. The van der Waals surface area contributed by atoms with E-state index < -0.39 is 0 Å². The number of aromatic nitrogens is 5. The maximum Gasteiger partial charge on any atom is 2.00 e. The van der Waals surface area contributed by atoms with Crippen molar-refractivity contribution in [2.24, 2.45) is 0 Å². The second kappa shape index (κ2) is 16.2. The Morgan fingerprint density at radius 3 is 1.66 bits per heavy atom. The van der Waals surface area contributed by atoms with Gasteiger partial charge in [-0.15, -0.1) is 35.0 Å². The normalized spacial score (nSPS) is 12.4. The van der Waals surface area contributed by atoms with E-state index in [2.05, 4.69) is 229 Å². The van der Waals surface area contributed by atoms with Gasteiger partial charge in [-0.05, 0) is 80.2 Å². The van der Waals surface area contributed by atoms with Crippen molar-refractivity contribution >= 4 is 43.6 Å². The van der Waals surface area contributed by atoms with Gasteiger partial charge in [0.1, 0.15) is 5.82 Å². The van der Waals surface area contributed by atoms with Gasteiger partial charge in [0, 0.05) is 33.8 Å². The van der Waals surface area contributed by atoms with Gasteiger partial charge in [0.25, 0.3) is 0 Å². The molecule has 6 aromatic carbocycles. The maximum atomic E-state index is 5.66. The van der Waals surface area contributed by atoms with Gasteiger partial charge in [-0.1, -0.05) is 171 Å². The van der Waals surface area contributed by atoms with Crippen LogP contribution in [0.4, 0.5) is 0 Å². The first-order chi connectivity index (χ1) is 30.2. The molecule has 0 amide bonds. The van der Waals surface area contributed by atoms with Gasteiger partial charge >= 0.3 is 21.1 Å². The topological polar surface area (TPSA) is 40.6 Å². The van der Waals surface area contributed by atoms with Crippen LogP contribution in [0.15, 0.2) is 140 Å². The molecule has 0 N–H and O–H groups in total. The van der Waals surface area contributed by atoms with E-state index in [1.54, 1.807) is 0 Å². The Kier molecular flexibility index (Phi) is 10.9. The summed E-state index contributed by atoms with van der Waals surface area (Å²) in [6.45, 7) is 22.8. The van der Waals surface area contributed by atoms with Crippen molar-refractivity contribution in [3.63, 3.8) is 0 Å². The second-order valence-electron chi connectivity index (χ2n) is 19.8. The van der Waals surface area contributed by atoms with Crippen LogP contribution in [0.1, 0.15) is 103 Å². The third-order valence-corrected chi connectivity index (χ3v) is 12.7. The van der Waals surface area contributed by atoms with Crippen LogP contribution in [0.25, 0.3) is 83.2 Å². The van der Waals surface area contributed by atoms with Crippen LogP contribution in [0.3, 0.4) is 0 Å². The number of hydrogen-bond acceptors (Lipinski definition) is 2. The molecular weight excluding hydrogens is 962 g/mol. The number of rotatable bonds is 7. The summed E-state index contributed by atoms with van der Waals surface area (Å²) >= 11 is 0. The SMILES string of the molecule is CC(C)c1cccc(C(C)C)c1-c1c(C(C)(C)C)nn(-c2[c-]c3c(cc2)c2ccccc2n3-c2[c-]c3c(cc2)c2ccccc2n3-c2cc(C(C)(C)C)ccn2)c1-c1ccccc1.[Pt+2]. The summed E-state index contributed by atoms with van der Waals surface area (Å²) in [5.74, 6) is 1.53. The molecule has 10 rings (SSSR count). The molecule has 5 nitrogen and oxygen atoms in total. The second-order valence-corrected chi connectivity index (χ2v) is 19.8. The Balaban J connectivity index is 0.00000518. The number of pyridine rings is 1. The molecule has 6 heteroatoms. The van der Waals surface area contributed by atoms with Crippen LogP contribution in [0, 0.1) is 12.1 Å². The van der Waals surface area contributed by atoms with Crippen LogP contribution in [0.2, 0.25) is 0 Å². The first-order valence-electron chi connectivity index (χ1n) is 22.4. The molecule has 0 fully saturated rings. The molecule has 322 valence electrons. The zero-order chi connectivity index (χ0) is 43.9. The van der Waals surface area contributed by atoms with E-state index in [-0.39, 0.29) is 31.9 Å². The Morgan fingerprint density at radius 1 is 0.516 bits per heavy atom. The molecule has 0 spiro atoms. The van der Waals surface area contributed by atoms with Crippen LogP contribution >= 0.6 is 0 Å². The predicted octanol–water partition coefficient (Wildman–Crippen LogP) is 15.2. The minimum absolute atomic E-state index is 0. The molecule has 0 saturated carbocycles. The first-order valence-corrected chi connectivity index (χ1v) is 22.4. The zero-order valence-electron chi connectivity index (χ0n) is 38.5. The van der Waals surface area contributed by atoms with E-state index in [1.165, 1.54) is 33.2 Å². The summed E-state index contributed by atoms with van der Waals surface area (Å²) < 4.78 is 6.78. The molecule has 0 aliphatic carbocycles. The van der Waals surface area contributed by atoms with Gasteiger partial charge in [-0.25, -0.2) is 4.98 Å². The van der Waals surface area contributed by atoms with E-state index in [0.717, 1.165) is 72.4 Å². The van der Waals surface area contributed by atoms with Crippen molar-refractivity contribution in [1.82, 2.24) is 23.9 Å². The van der Waals surface area contributed by atoms with E-state index in [4.69, 9.17) is 10.1 Å². The van der Waals surface area contributed by atoms with Gasteiger partial charge in [0.05, 0.1) is 11.4 Å². The average Bonchev–Trinajstić information content (AvgIpc) is 3.94. The molecule has 0 aliphatic heterocycles. The third kappa shape index (κ3) is 7.13. The monoisotopic (exact) mass is 1020 g/mol. The summed E-state index contributed by atoms with van der Waals surface area (Å²) in [6.07, 6.45) is 1.93. The molecular formula is C58H55N5Pt. The molecule has 4 heterocycles. The van der Waals surface area contributed by atoms with Crippen molar-refractivity contribution < 1.29 is 21.1 Å². The van der Waals surface area contributed by atoms with Crippen molar-refractivity contribution in [3.8, 4) is 39.6 Å². The Labute approximate surface area is 392 Å². The molecule has 0 saturated heterocycles. The molecule has 64 heavy (non-hydrogen) atoms. The average molecular weight is 1020 g/mol. The van der Waals surface area contributed by atoms with E-state index in [0.29, 0.717) is 11.8 Å². The summed E-state index contributed by atoms with van der Waals surface area (Å²) in [5.41, 5.74) is 15.4. The van der Waals surface area contributed by atoms with Crippen LogP contribution in [-0.2, 0) is 31.9 Å². The van der Waals surface area contributed by atoms with Crippen LogP contribution < -0.4 is 0 Å². The van der Waals surface area contributed by atoms with E-state index >= 15 is 0 Å². The van der Waals surface area contributed by atoms with Crippen LogP contribution in [0.5, 0.6) is 0 Å². The summed E-state index contributed by atoms with van der Waals surface area (Å²) in [5, 5.41) is 10.3. The quantitative estimate of drug-likeness (QED) is 0.149. The summed E-state index contributed by atoms with van der Waals surface area (Å²) in [4.78, 5) is 4.96. The summed E-state index contributed by atoms with van der Waals surface area (Å²) in [6, 6.07) is 56.2. The standard InChI is InChI=1S/C58H55N5.Pt/c1-36(2)42-23-18-24-43(37(3)4)53(42)54-55(38-19-12-11-13-20-38)63(60-56(54)58(8,9)10)41-28-30-46-44-21-14-16-25-48(44)61(50(46)35-41)40-27-29-47-45-22-15-17-26-49(45)62(51(47)34-40)52-33-39(31-32-59-52)57(5,6)7;/h11-33,36-37H,1-10H3;/q-2;+2. The molecule has 10 aromatic rings. The van der Waals surface area contributed by atoms with Crippen molar-refractivity contribution in [2.45, 2.75) is 91.9 Å². The zero-order valence-corrected chi connectivity index (χ0v) is 40.8. The molecule has 0 bridgehead atoms. The molecule has 4 aromatic heterocycles. The third-order valence-electron chi connectivity index (χ3n) is 12.7. The largest absolute Gasteiger partial charge is 2.00 e. The molecule has 0 aliphatic rings. The number of nitrogens with zero attached hydrogens (tertiary/aromatic N) is 5. The molecule has 0 atom stereocenters. The van der Waals surface area contributed by atoms with Gasteiger partial charge < -0.3 is 9.13 Å². The smallest absolute Gasteiger partial charge is 0.358 e. The minimum atomic E-state index is -0.258. The fourth-order valence-corrected chi connectivity index (χ4v) is 9.57. The van der Waals surface area contributed by atoms with Crippen LogP contribution in [-0.4, -0.2) is 23.9 Å². The Hall–Kier alpha value is -6.03. The van der Waals surface area contributed by atoms with Gasteiger partial charge in [0.15, 0.2) is 0 Å². The van der Waals surface area contributed by atoms with Crippen molar-refractivity contribution in [3.05, 3.63) is 174 Å². The van der Waals surface area contributed by atoms with Gasteiger partial charge in [0.2, 0.25) is 0 Å². The predicted molar refractivity (Wildman–Crippen MR) is 264 cm³/mol. The van der Waals surface area contributed by atoms with E-state index in [9.17, 15) is 0 Å². The van der Waals surface area contributed by atoms with Crippen molar-refractivity contribution in [1.29, 1.82) is 0 Å². The number of hydrogen-bond donors (Lipinski definition) is 0.